The Morgan fingerprint density at radius 2 is 2.06 bits per heavy atom. The van der Waals surface area contributed by atoms with E-state index in [9.17, 15) is 13.2 Å². The van der Waals surface area contributed by atoms with Gasteiger partial charge in [-0.2, -0.15) is 0 Å². The molecule has 0 unspecified atom stereocenters. The molecule has 7 heteroatoms. The lowest BCUT2D eigenvalue weighted by Gasteiger charge is -2.19. The molecule has 0 aliphatic rings. The van der Waals surface area contributed by atoms with Gasteiger partial charge in [-0.3, -0.25) is 10.3 Å². The minimum atomic E-state index is -2.50. The van der Waals surface area contributed by atoms with Crippen molar-refractivity contribution in [2.24, 2.45) is 0 Å². The Morgan fingerprint density at radius 1 is 1.39 bits per heavy atom. The molecule has 1 aromatic heterocycles. The monoisotopic (exact) mass is 272 g/mol. The molecule has 1 aromatic rings. The van der Waals surface area contributed by atoms with Crippen molar-refractivity contribution in [3.8, 4) is 0 Å². The van der Waals surface area contributed by atoms with Crippen LogP contribution in [0.1, 0.15) is 26.5 Å². The summed E-state index contributed by atoms with van der Waals surface area (Å²) in [4.78, 5) is 15.3. The lowest BCUT2D eigenvalue weighted by Crippen LogP contribution is -2.27. The minimum absolute atomic E-state index is 0.109. The van der Waals surface area contributed by atoms with Gasteiger partial charge in [0.05, 0.1) is 23.3 Å². The predicted octanol–water partition coefficient (Wildman–Crippen LogP) is 1.54. The van der Waals surface area contributed by atoms with Crippen LogP contribution < -0.4 is 5.32 Å². The van der Waals surface area contributed by atoms with Crippen LogP contribution in [0.25, 0.3) is 0 Å². The maximum Gasteiger partial charge on any atom is 0.412 e. The Morgan fingerprint density at radius 3 is 2.50 bits per heavy atom. The highest BCUT2D eigenvalue weighted by atomic mass is 32.2. The van der Waals surface area contributed by atoms with Crippen LogP contribution in [0.5, 0.6) is 0 Å². The molecule has 0 fully saturated rings. The molecule has 1 rings (SSSR count). The van der Waals surface area contributed by atoms with Gasteiger partial charge in [0.1, 0.15) is 16.3 Å². The van der Waals surface area contributed by atoms with Gasteiger partial charge in [0.15, 0.2) is 0 Å². The third-order valence-electron chi connectivity index (χ3n) is 1.76. The summed E-state index contributed by atoms with van der Waals surface area (Å²) in [5.74, 6) is -0.109. The molecule has 6 nitrogen and oxygen atoms in total. The van der Waals surface area contributed by atoms with Crippen molar-refractivity contribution in [2.45, 2.75) is 32.1 Å². The minimum Gasteiger partial charge on any atom is -0.444 e. The molecule has 18 heavy (non-hydrogen) atoms. The van der Waals surface area contributed by atoms with Crippen molar-refractivity contribution in [1.29, 1.82) is 0 Å². The van der Waals surface area contributed by atoms with Crippen LogP contribution in [0.4, 0.5) is 10.5 Å². The second-order valence-corrected chi connectivity index (χ2v) is 5.64. The standard InChI is InChI=1S/C11H16N2O4S/c1-11(2,3)17-10(14)13-8-4-5-9(12-6-8)7-18(15)16/h4-6,18H,7H2,1-3H3,(H,13,14). The average molecular weight is 272 g/mol. The van der Waals surface area contributed by atoms with Crippen molar-refractivity contribution in [2.75, 3.05) is 5.32 Å². The van der Waals surface area contributed by atoms with Crippen molar-refractivity contribution in [3.05, 3.63) is 24.0 Å². The lowest BCUT2D eigenvalue weighted by atomic mass is 10.2. The van der Waals surface area contributed by atoms with Crippen LogP contribution in [-0.2, 0) is 21.2 Å². The lowest BCUT2D eigenvalue weighted by molar-refractivity contribution is 0.0636. The van der Waals surface area contributed by atoms with E-state index in [4.69, 9.17) is 4.74 Å². The molecule has 0 spiro atoms. The largest absolute Gasteiger partial charge is 0.444 e. The quantitative estimate of drug-likeness (QED) is 0.815. The molecule has 0 saturated heterocycles. The van der Waals surface area contributed by atoms with E-state index >= 15 is 0 Å². The van der Waals surface area contributed by atoms with Crippen LogP contribution in [0, 0.1) is 0 Å². The number of aromatic nitrogens is 1. The first kappa shape index (κ1) is 14.4. The number of carbonyl (C=O) groups is 1. The Hall–Kier alpha value is -1.63. The third kappa shape index (κ3) is 5.62. The van der Waals surface area contributed by atoms with E-state index in [0.717, 1.165) is 0 Å². The van der Waals surface area contributed by atoms with Crippen molar-refractivity contribution < 1.29 is 17.9 Å². The summed E-state index contributed by atoms with van der Waals surface area (Å²) < 4.78 is 26.1. The predicted molar refractivity (Wildman–Crippen MR) is 68.1 cm³/mol. The number of pyridine rings is 1. The zero-order valence-corrected chi connectivity index (χ0v) is 11.4. The number of carbonyl (C=O) groups excluding carboxylic acids is 1. The highest BCUT2D eigenvalue weighted by Gasteiger charge is 2.16. The summed E-state index contributed by atoms with van der Waals surface area (Å²) in [6, 6.07) is 3.11. The topological polar surface area (TPSA) is 85.4 Å². The SMILES string of the molecule is CC(C)(C)OC(=O)Nc1ccc(C[SH](=O)=O)nc1. The van der Waals surface area contributed by atoms with E-state index in [1.54, 1.807) is 26.8 Å². The van der Waals surface area contributed by atoms with Crippen molar-refractivity contribution in [1.82, 2.24) is 4.98 Å². The molecule has 0 aromatic carbocycles. The highest BCUT2D eigenvalue weighted by Crippen LogP contribution is 2.11. The molecule has 0 radical (unpaired) electrons. The molecule has 1 heterocycles. The number of ether oxygens (including phenoxy) is 1. The van der Waals surface area contributed by atoms with Gasteiger partial charge in [-0.1, -0.05) is 0 Å². The number of nitrogens with one attached hydrogen (secondary N) is 1. The second-order valence-electron chi connectivity index (χ2n) is 4.66. The number of hydrogen-bond acceptors (Lipinski definition) is 5. The highest BCUT2D eigenvalue weighted by molar-refractivity contribution is 7.71. The maximum atomic E-state index is 11.4. The van der Waals surface area contributed by atoms with Gasteiger partial charge >= 0.3 is 6.09 Å². The van der Waals surface area contributed by atoms with Gasteiger partial charge in [0.25, 0.3) is 0 Å². The number of anilines is 1. The fourth-order valence-electron chi connectivity index (χ4n) is 1.15. The maximum absolute atomic E-state index is 11.4. The van der Waals surface area contributed by atoms with E-state index in [0.29, 0.717) is 11.4 Å². The molecule has 0 aliphatic heterocycles. The number of rotatable bonds is 3. The summed E-state index contributed by atoms with van der Waals surface area (Å²) in [6.45, 7) is 5.29. The Bertz CT molecular complexity index is 481. The van der Waals surface area contributed by atoms with Gasteiger partial charge in [-0.25, -0.2) is 13.2 Å². The summed E-state index contributed by atoms with van der Waals surface area (Å²) in [7, 11) is -2.50. The van der Waals surface area contributed by atoms with Crippen molar-refractivity contribution >= 4 is 22.5 Å². The van der Waals surface area contributed by atoms with Crippen LogP contribution in [0.15, 0.2) is 18.3 Å². The Kier molecular flexibility index (Phi) is 4.66. The van der Waals surface area contributed by atoms with E-state index in [2.05, 4.69) is 10.3 Å². The molecule has 100 valence electrons. The van der Waals surface area contributed by atoms with Gasteiger partial charge in [-0.15, -0.1) is 0 Å². The molecule has 1 N–H and O–H groups in total. The smallest absolute Gasteiger partial charge is 0.412 e. The molecule has 0 aliphatic carbocycles. The zero-order chi connectivity index (χ0) is 13.8. The summed E-state index contributed by atoms with van der Waals surface area (Å²) in [5, 5.41) is 2.50. The number of nitrogens with zero attached hydrogens (tertiary/aromatic N) is 1. The first-order valence-corrected chi connectivity index (χ1v) is 6.69. The summed E-state index contributed by atoms with van der Waals surface area (Å²) >= 11 is 0. The van der Waals surface area contributed by atoms with E-state index in [1.807, 2.05) is 0 Å². The summed E-state index contributed by atoms with van der Waals surface area (Å²) in [5.41, 5.74) is 0.313. The van der Waals surface area contributed by atoms with Gasteiger partial charge in [-0.05, 0) is 32.9 Å². The van der Waals surface area contributed by atoms with E-state index in [-0.39, 0.29) is 5.75 Å². The van der Waals surface area contributed by atoms with Crippen LogP contribution in [-0.4, -0.2) is 25.1 Å². The second kappa shape index (κ2) is 5.81. The average Bonchev–Trinajstić information content (AvgIpc) is 2.17. The van der Waals surface area contributed by atoms with E-state index in [1.165, 1.54) is 12.3 Å². The van der Waals surface area contributed by atoms with Gasteiger partial charge in [0, 0.05) is 0 Å². The first-order valence-electron chi connectivity index (χ1n) is 5.33. The number of amides is 1. The molecule has 0 atom stereocenters. The summed E-state index contributed by atoms with van der Waals surface area (Å²) in [6.07, 6.45) is 0.810. The van der Waals surface area contributed by atoms with Crippen LogP contribution in [0.3, 0.4) is 0 Å². The third-order valence-corrected chi connectivity index (χ3v) is 2.34. The number of thiol groups is 1. The van der Waals surface area contributed by atoms with Crippen molar-refractivity contribution in [3.63, 3.8) is 0 Å². The van der Waals surface area contributed by atoms with Gasteiger partial charge in [0.2, 0.25) is 0 Å². The van der Waals surface area contributed by atoms with Crippen LogP contribution in [0.2, 0.25) is 0 Å². The number of hydrogen-bond donors (Lipinski definition) is 2. The fourth-order valence-corrected chi connectivity index (χ4v) is 1.60. The molecule has 0 saturated carbocycles. The van der Waals surface area contributed by atoms with E-state index < -0.39 is 22.4 Å². The molecular formula is C11H16N2O4S. The molecule has 0 bridgehead atoms. The fraction of sp³-hybridized carbons (Fsp3) is 0.455. The zero-order valence-electron chi connectivity index (χ0n) is 10.5. The Labute approximate surface area is 107 Å². The van der Waals surface area contributed by atoms with Crippen LogP contribution >= 0.6 is 0 Å². The Balaban J connectivity index is 2.61. The normalized spacial score (nSPS) is 11.3. The van der Waals surface area contributed by atoms with Gasteiger partial charge < -0.3 is 4.74 Å². The molecule has 1 amide bonds. The first-order chi connectivity index (χ1) is 8.26. The molecular weight excluding hydrogens is 256 g/mol.